The van der Waals surface area contributed by atoms with Crippen LogP contribution in [0.3, 0.4) is 0 Å². The predicted molar refractivity (Wildman–Crippen MR) is 120 cm³/mol. The Kier molecular flexibility index (Phi) is 7.11. The van der Waals surface area contributed by atoms with Crippen molar-refractivity contribution in [3.63, 3.8) is 0 Å². The van der Waals surface area contributed by atoms with Crippen molar-refractivity contribution in [2.24, 2.45) is 11.8 Å². The number of piperidine rings is 1. The summed E-state index contributed by atoms with van der Waals surface area (Å²) >= 11 is 1.31. The molecule has 9 nitrogen and oxygen atoms in total. The largest absolute Gasteiger partial charge is 0.374 e. The molecule has 0 bridgehead atoms. The van der Waals surface area contributed by atoms with E-state index in [1.165, 1.54) is 11.3 Å². The number of hydrogen-bond donors (Lipinski definition) is 1. The van der Waals surface area contributed by atoms with Gasteiger partial charge in [0.1, 0.15) is 11.6 Å². The minimum atomic E-state index is -0.335. The topological polar surface area (TPSA) is 105 Å². The highest BCUT2D eigenvalue weighted by Gasteiger charge is 2.38. The Morgan fingerprint density at radius 3 is 2.62 bits per heavy atom. The van der Waals surface area contributed by atoms with E-state index in [1.54, 1.807) is 9.80 Å². The van der Waals surface area contributed by atoms with Crippen LogP contribution in [-0.4, -0.2) is 59.1 Å². The van der Waals surface area contributed by atoms with E-state index in [2.05, 4.69) is 15.5 Å². The van der Waals surface area contributed by atoms with Gasteiger partial charge in [0.2, 0.25) is 22.9 Å². The number of carbonyl (C=O) groups excluding carboxylic acids is 3. The van der Waals surface area contributed by atoms with Gasteiger partial charge in [-0.2, -0.15) is 0 Å². The summed E-state index contributed by atoms with van der Waals surface area (Å²) in [6, 6.07) is 9.43. The lowest BCUT2D eigenvalue weighted by Gasteiger charge is -2.32. The molecule has 1 unspecified atom stereocenters. The van der Waals surface area contributed by atoms with Gasteiger partial charge in [0.15, 0.2) is 0 Å². The maximum Gasteiger partial charge on any atom is 0.229 e. The van der Waals surface area contributed by atoms with E-state index >= 15 is 0 Å². The molecule has 0 radical (unpaired) electrons. The number of ether oxygens (including phenoxy) is 1. The van der Waals surface area contributed by atoms with E-state index in [-0.39, 0.29) is 36.0 Å². The minimum Gasteiger partial charge on any atom is -0.374 e. The Bertz CT molecular complexity index is 958. The molecule has 3 amide bonds. The van der Waals surface area contributed by atoms with Crippen molar-refractivity contribution in [3.05, 3.63) is 35.3 Å². The van der Waals surface area contributed by atoms with Crippen molar-refractivity contribution >= 4 is 39.9 Å². The molecule has 32 heavy (non-hydrogen) atoms. The van der Waals surface area contributed by atoms with E-state index in [1.807, 2.05) is 37.3 Å². The summed E-state index contributed by atoms with van der Waals surface area (Å²) in [6.45, 7) is 4.32. The van der Waals surface area contributed by atoms with Crippen LogP contribution in [0.5, 0.6) is 0 Å². The van der Waals surface area contributed by atoms with Crippen LogP contribution >= 0.6 is 11.3 Å². The normalized spacial score (nSPS) is 19.4. The second-order valence-corrected chi connectivity index (χ2v) is 9.03. The van der Waals surface area contributed by atoms with Gasteiger partial charge in [-0.05, 0) is 31.9 Å². The molecule has 2 saturated heterocycles. The first-order valence-electron chi connectivity index (χ1n) is 10.9. The van der Waals surface area contributed by atoms with E-state index in [4.69, 9.17) is 4.74 Å². The van der Waals surface area contributed by atoms with E-state index in [0.717, 1.165) is 10.7 Å². The molecule has 2 fully saturated rings. The molecule has 1 atom stereocenters. The smallest absolute Gasteiger partial charge is 0.229 e. The molecule has 3 heterocycles. The molecule has 4 rings (SSSR count). The zero-order chi connectivity index (χ0) is 22.5. The zero-order valence-electron chi connectivity index (χ0n) is 18.0. The van der Waals surface area contributed by atoms with Gasteiger partial charge in [0.05, 0.1) is 5.92 Å². The maximum atomic E-state index is 13.0. The highest BCUT2D eigenvalue weighted by molar-refractivity contribution is 7.15. The fourth-order valence-corrected chi connectivity index (χ4v) is 4.79. The van der Waals surface area contributed by atoms with Crippen molar-refractivity contribution < 1.29 is 19.1 Å². The molecular formula is C22H27N5O4S. The Balaban J connectivity index is 1.26. The molecule has 2 aliphatic rings. The van der Waals surface area contributed by atoms with Crippen LogP contribution in [0.15, 0.2) is 30.3 Å². The molecule has 0 aliphatic carbocycles. The number of aromatic nitrogens is 2. The number of para-hydroxylation sites is 1. The van der Waals surface area contributed by atoms with Crippen LogP contribution in [0.4, 0.5) is 10.8 Å². The second kappa shape index (κ2) is 10.2. The Labute approximate surface area is 190 Å². The lowest BCUT2D eigenvalue weighted by molar-refractivity contribution is -0.138. The summed E-state index contributed by atoms with van der Waals surface area (Å²) in [7, 11) is 0. The van der Waals surface area contributed by atoms with Crippen LogP contribution in [0.25, 0.3) is 0 Å². The quantitative estimate of drug-likeness (QED) is 0.684. The molecule has 2 aromatic rings. The van der Waals surface area contributed by atoms with Gasteiger partial charge in [-0.1, -0.05) is 29.5 Å². The highest BCUT2D eigenvalue weighted by atomic mass is 32.1. The second-order valence-electron chi connectivity index (χ2n) is 7.97. The molecular weight excluding hydrogens is 430 g/mol. The van der Waals surface area contributed by atoms with Gasteiger partial charge >= 0.3 is 0 Å². The van der Waals surface area contributed by atoms with Crippen LogP contribution in [-0.2, 0) is 25.7 Å². The van der Waals surface area contributed by atoms with Crippen molar-refractivity contribution in [3.8, 4) is 0 Å². The standard InChI is InChI=1S/C22H27N5O4S/c1-2-31-14-18-24-25-22(32-18)23-20(29)15-8-10-26(11-9-15)21(30)16-12-19(28)27(13-16)17-6-4-3-5-7-17/h3-7,15-16H,2,8-14H2,1H3,(H,23,25,29). The summed E-state index contributed by atoms with van der Waals surface area (Å²) in [6.07, 6.45) is 1.41. The maximum absolute atomic E-state index is 13.0. The van der Waals surface area contributed by atoms with Crippen LogP contribution in [0.2, 0.25) is 0 Å². The molecule has 0 spiro atoms. The first-order chi connectivity index (χ1) is 15.5. The van der Waals surface area contributed by atoms with E-state index in [0.29, 0.717) is 50.8 Å². The third kappa shape index (κ3) is 5.13. The number of carbonyl (C=O) groups is 3. The molecule has 2 aliphatic heterocycles. The Hall–Kier alpha value is -2.85. The molecule has 1 aromatic heterocycles. The van der Waals surface area contributed by atoms with E-state index < -0.39 is 0 Å². The average molecular weight is 458 g/mol. The molecule has 170 valence electrons. The average Bonchev–Trinajstić information content (AvgIpc) is 3.44. The van der Waals surface area contributed by atoms with Gasteiger partial charge in [-0.25, -0.2) is 0 Å². The van der Waals surface area contributed by atoms with Gasteiger partial charge in [0, 0.05) is 44.3 Å². The SMILES string of the molecule is CCOCc1nnc(NC(=O)C2CCN(C(=O)C3CC(=O)N(c4ccccc4)C3)CC2)s1. The molecule has 0 saturated carbocycles. The van der Waals surface area contributed by atoms with Crippen LogP contribution in [0.1, 0.15) is 31.2 Å². The van der Waals surface area contributed by atoms with Crippen molar-refractivity contribution in [2.75, 3.05) is 36.5 Å². The summed E-state index contributed by atoms with van der Waals surface area (Å²) in [5, 5.41) is 12.0. The van der Waals surface area contributed by atoms with Crippen molar-refractivity contribution in [1.82, 2.24) is 15.1 Å². The van der Waals surface area contributed by atoms with Gasteiger partial charge < -0.3 is 19.9 Å². The fourth-order valence-electron chi connectivity index (χ4n) is 4.11. The van der Waals surface area contributed by atoms with Crippen molar-refractivity contribution in [2.45, 2.75) is 32.8 Å². The van der Waals surface area contributed by atoms with Crippen molar-refractivity contribution in [1.29, 1.82) is 0 Å². The summed E-state index contributed by atoms with van der Waals surface area (Å²) in [5.74, 6) is -0.630. The van der Waals surface area contributed by atoms with Gasteiger partial charge in [-0.15, -0.1) is 10.2 Å². The molecule has 10 heteroatoms. The Morgan fingerprint density at radius 2 is 1.91 bits per heavy atom. The first kappa shape index (κ1) is 22.3. The number of hydrogen-bond acceptors (Lipinski definition) is 7. The molecule has 1 N–H and O–H groups in total. The third-order valence-electron chi connectivity index (χ3n) is 5.85. The fraction of sp³-hybridized carbons (Fsp3) is 0.500. The van der Waals surface area contributed by atoms with Crippen LogP contribution in [0, 0.1) is 11.8 Å². The third-order valence-corrected chi connectivity index (χ3v) is 6.66. The summed E-state index contributed by atoms with van der Waals surface area (Å²) < 4.78 is 5.30. The number of amides is 3. The minimum absolute atomic E-state index is 0.000304. The number of nitrogens with zero attached hydrogens (tertiary/aromatic N) is 4. The Morgan fingerprint density at radius 1 is 1.16 bits per heavy atom. The number of nitrogens with one attached hydrogen (secondary N) is 1. The highest BCUT2D eigenvalue weighted by Crippen LogP contribution is 2.28. The molecule has 1 aromatic carbocycles. The zero-order valence-corrected chi connectivity index (χ0v) is 18.8. The number of rotatable bonds is 7. The monoisotopic (exact) mass is 457 g/mol. The van der Waals surface area contributed by atoms with Crippen LogP contribution < -0.4 is 10.2 Å². The van der Waals surface area contributed by atoms with Gasteiger partial charge in [0.25, 0.3) is 0 Å². The lowest BCUT2D eigenvalue weighted by atomic mass is 9.94. The summed E-state index contributed by atoms with van der Waals surface area (Å²) in [5.41, 5.74) is 0.823. The van der Waals surface area contributed by atoms with Gasteiger partial charge in [-0.3, -0.25) is 14.4 Å². The first-order valence-corrected chi connectivity index (χ1v) is 11.7. The summed E-state index contributed by atoms with van der Waals surface area (Å²) in [4.78, 5) is 41.5. The van der Waals surface area contributed by atoms with E-state index in [9.17, 15) is 14.4 Å². The number of benzene rings is 1. The number of anilines is 2. The predicted octanol–water partition coefficient (Wildman–Crippen LogP) is 2.30. The lowest BCUT2D eigenvalue weighted by Crippen LogP contribution is -2.44. The number of likely N-dealkylation sites (tertiary alicyclic amines) is 1.